The van der Waals surface area contributed by atoms with Crippen molar-refractivity contribution in [2.45, 2.75) is 24.9 Å². The third-order valence-electron chi connectivity index (χ3n) is 5.61. The van der Waals surface area contributed by atoms with E-state index in [0.29, 0.717) is 24.6 Å². The number of hydrogen-bond acceptors (Lipinski definition) is 1. The van der Waals surface area contributed by atoms with Crippen molar-refractivity contribution in [3.63, 3.8) is 0 Å². The maximum atomic E-state index is 12.7. The zero-order valence-electron chi connectivity index (χ0n) is 15.5. The van der Waals surface area contributed by atoms with Gasteiger partial charge in [0.2, 0.25) is 0 Å². The third-order valence-corrected chi connectivity index (χ3v) is 5.61. The molecule has 6 heteroatoms. The van der Waals surface area contributed by atoms with Crippen molar-refractivity contribution < 1.29 is 18.0 Å². The molecule has 0 bridgehead atoms. The molecule has 1 saturated heterocycles. The Hall–Kier alpha value is -2.76. The van der Waals surface area contributed by atoms with Crippen molar-refractivity contribution in [3.05, 3.63) is 71.4 Å². The maximum Gasteiger partial charge on any atom is 0.416 e. The van der Waals surface area contributed by atoms with Crippen molar-refractivity contribution in [1.29, 1.82) is 0 Å². The minimum Gasteiger partial charge on any atom is -0.350 e. The van der Waals surface area contributed by atoms with E-state index in [1.807, 2.05) is 19.2 Å². The molecule has 4 rings (SSSR count). The Bertz CT molecular complexity index is 997. The zero-order chi connectivity index (χ0) is 19.9. The topological polar surface area (TPSA) is 25.2 Å². The van der Waals surface area contributed by atoms with E-state index in [1.54, 1.807) is 4.90 Å². The first-order chi connectivity index (χ1) is 13.3. The summed E-state index contributed by atoms with van der Waals surface area (Å²) in [7, 11) is 2.04. The van der Waals surface area contributed by atoms with Gasteiger partial charge in [-0.3, -0.25) is 4.79 Å². The number of aryl methyl sites for hydroxylation is 1. The van der Waals surface area contributed by atoms with E-state index in [1.165, 1.54) is 28.6 Å². The number of aromatic nitrogens is 1. The van der Waals surface area contributed by atoms with Gasteiger partial charge < -0.3 is 9.47 Å². The standard InChI is InChI=1S/C22H21F3N2O/c1-26-14-19(18-4-2-3-5-20(18)26)15-10-12-27(13-11-15)21(28)16-6-8-17(9-7-16)22(23,24)25/h2-9,14-15H,10-13H2,1H3. The molecule has 0 radical (unpaired) electrons. The van der Waals surface area contributed by atoms with E-state index >= 15 is 0 Å². The number of amides is 1. The van der Waals surface area contributed by atoms with Crippen molar-refractivity contribution in [1.82, 2.24) is 9.47 Å². The van der Waals surface area contributed by atoms with E-state index in [-0.39, 0.29) is 5.91 Å². The summed E-state index contributed by atoms with van der Waals surface area (Å²) >= 11 is 0. The number of hydrogen-bond donors (Lipinski definition) is 0. The van der Waals surface area contributed by atoms with Crippen LogP contribution in [0, 0.1) is 0 Å². The average molecular weight is 386 g/mol. The molecule has 1 fully saturated rings. The van der Waals surface area contributed by atoms with Crippen LogP contribution in [-0.2, 0) is 13.2 Å². The lowest BCUT2D eigenvalue weighted by Gasteiger charge is -2.32. The Kier molecular flexibility index (Phi) is 4.65. The normalized spacial score (nSPS) is 15.9. The number of fused-ring (bicyclic) bond motifs is 1. The second-order valence-corrected chi connectivity index (χ2v) is 7.35. The average Bonchev–Trinajstić information content (AvgIpc) is 3.04. The van der Waals surface area contributed by atoms with Crippen LogP contribution in [0.1, 0.15) is 40.2 Å². The van der Waals surface area contributed by atoms with E-state index < -0.39 is 11.7 Å². The predicted molar refractivity (Wildman–Crippen MR) is 102 cm³/mol. The Morgan fingerprint density at radius 2 is 1.64 bits per heavy atom. The summed E-state index contributed by atoms with van der Waals surface area (Å²) in [6.45, 7) is 1.21. The second kappa shape index (κ2) is 7.00. The van der Waals surface area contributed by atoms with Crippen molar-refractivity contribution in [2.24, 2.45) is 7.05 Å². The number of benzene rings is 2. The molecule has 1 aromatic heterocycles. The fraction of sp³-hybridized carbons (Fsp3) is 0.318. The van der Waals surface area contributed by atoms with Gasteiger partial charge in [0.1, 0.15) is 0 Å². The van der Waals surface area contributed by atoms with Crippen LogP contribution in [0.4, 0.5) is 13.2 Å². The van der Waals surface area contributed by atoms with Crippen molar-refractivity contribution in [3.8, 4) is 0 Å². The lowest BCUT2D eigenvalue weighted by Crippen LogP contribution is -2.37. The molecule has 0 aliphatic carbocycles. The van der Waals surface area contributed by atoms with Gasteiger partial charge in [-0.1, -0.05) is 18.2 Å². The van der Waals surface area contributed by atoms with Crippen LogP contribution in [0.15, 0.2) is 54.7 Å². The van der Waals surface area contributed by atoms with Crippen LogP contribution in [0.5, 0.6) is 0 Å². The number of nitrogens with zero attached hydrogens (tertiary/aromatic N) is 2. The summed E-state index contributed by atoms with van der Waals surface area (Å²) in [6.07, 6.45) is -0.526. The summed E-state index contributed by atoms with van der Waals surface area (Å²) in [6, 6.07) is 12.8. The van der Waals surface area contributed by atoms with Gasteiger partial charge in [-0.25, -0.2) is 0 Å². The maximum absolute atomic E-state index is 12.7. The SMILES string of the molecule is Cn1cc(C2CCN(C(=O)c3ccc(C(F)(F)F)cc3)CC2)c2ccccc21. The Morgan fingerprint density at radius 3 is 2.29 bits per heavy atom. The molecule has 0 unspecified atom stereocenters. The first-order valence-corrected chi connectivity index (χ1v) is 9.35. The summed E-state index contributed by atoms with van der Waals surface area (Å²) in [5, 5.41) is 1.25. The molecule has 146 valence electrons. The van der Waals surface area contributed by atoms with E-state index in [2.05, 4.69) is 22.9 Å². The molecular formula is C22H21F3N2O. The van der Waals surface area contributed by atoms with Gasteiger partial charge in [0.05, 0.1) is 5.56 Å². The number of para-hydroxylation sites is 1. The molecule has 3 nitrogen and oxygen atoms in total. The van der Waals surface area contributed by atoms with Crippen LogP contribution < -0.4 is 0 Å². The molecule has 3 aromatic rings. The zero-order valence-corrected chi connectivity index (χ0v) is 15.5. The first-order valence-electron chi connectivity index (χ1n) is 9.35. The van der Waals surface area contributed by atoms with E-state index in [4.69, 9.17) is 0 Å². The van der Waals surface area contributed by atoms with Crippen LogP contribution in [0.2, 0.25) is 0 Å². The molecule has 1 aliphatic rings. The number of carbonyl (C=O) groups is 1. The number of alkyl halides is 3. The fourth-order valence-electron chi connectivity index (χ4n) is 4.08. The molecule has 2 aromatic carbocycles. The van der Waals surface area contributed by atoms with Crippen molar-refractivity contribution in [2.75, 3.05) is 13.1 Å². The molecule has 0 spiro atoms. The largest absolute Gasteiger partial charge is 0.416 e. The van der Waals surface area contributed by atoms with Gasteiger partial charge in [-0.05, 0) is 54.7 Å². The molecule has 28 heavy (non-hydrogen) atoms. The lowest BCUT2D eigenvalue weighted by molar-refractivity contribution is -0.137. The molecule has 1 aliphatic heterocycles. The molecule has 1 amide bonds. The highest BCUT2D eigenvalue weighted by Gasteiger charge is 2.31. The molecule has 0 saturated carbocycles. The van der Waals surface area contributed by atoms with Crippen LogP contribution >= 0.6 is 0 Å². The summed E-state index contributed by atoms with van der Waals surface area (Å²) in [4.78, 5) is 14.4. The lowest BCUT2D eigenvalue weighted by atomic mass is 9.89. The number of likely N-dealkylation sites (tertiary alicyclic amines) is 1. The van der Waals surface area contributed by atoms with Gasteiger partial charge in [0.25, 0.3) is 5.91 Å². The van der Waals surface area contributed by atoms with Gasteiger partial charge in [-0.15, -0.1) is 0 Å². The quantitative estimate of drug-likeness (QED) is 0.593. The van der Waals surface area contributed by atoms with E-state index in [0.717, 1.165) is 25.0 Å². The number of carbonyl (C=O) groups excluding carboxylic acids is 1. The minimum absolute atomic E-state index is 0.204. The van der Waals surface area contributed by atoms with Crippen LogP contribution in [0.3, 0.4) is 0 Å². The molecular weight excluding hydrogens is 365 g/mol. The predicted octanol–water partition coefficient (Wildman–Crippen LogP) is 5.22. The fourth-order valence-corrected chi connectivity index (χ4v) is 4.08. The minimum atomic E-state index is -4.39. The van der Waals surface area contributed by atoms with Crippen LogP contribution in [-0.4, -0.2) is 28.5 Å². The highest BCUT2D eigenvalue weighted by molar-refractivity contribution is 5.94. The summed E-state index contributed by atoms with van der Waals surface area (Å²) < 4.78 is 40.2. The number of halogens is 3. The first kappa shape index (κ1) is 18.6. The summed E-state index contributed by atoms with van der Waals surface area (Å²) in [5.41, 5.74) is 2.07. The van der Waals surface area contributed by atoms with Gasteiger partial charge in [-0.2, -0.15) is 13.2 Å². The Balaban J connectivity index is 1.46. The smallest absolute Gasteiger partial charge is 0.350 e. The van der Waals surface area contributed by atoms with Crippen LogP contribution in [0.25, 0.3) is 10.9 Å². The molecule has 0 atom stereocenters. The third kappa shape index (κ3) is 3.39. The Morgan fingerprint density at radius 1 is 1.00 bits per heavy atom. The van der Waals surface area contributed by atoms with Gasteiger partial charge >= 0.3 is 6.18 Å². The Labute approximate surface area is 161 Å². The monoisotopic (exact) mass is 386 g/mol. The number of piperidine rings is 1. The van der Waals surface area contributed by atoms with Crippen molar-refractivity contribution >= 4 is 16.8 Å². The van der Waals surface area contributed by atoms with E-state index in [9.17, 15) is 18.0 Å². The van der Waals surface area contributed by atoms with Gasteiger partial charge in [0.15, 0.2) is 0 Å². The second-order valence-electron chi connectivity index (χ2n) is 7.35. The number of rotatable bonds is 2. The highest BCUT2D eigenvalue weighted by Crippen LogP contribution is 2.34. The molecule has 0 N–H and O–H groups in total. The highest BCUT2D eigenvalue weighted by atomic mass is 19.4. The molecule has 2 heterocycles. The van der Waals surface area contributed by atoms with Gasteiger partial charge in [0, 0.05) is 42.8 Å². The summed E-state index contributed by atoms with van der Waals surface area (Å²) in [5.74, 6) is 0.174.